The van der Waals surface area contributed by atoms with Crippen LogP contribution in [0, 0.1) is 24.0 Å². The number of ether oxygens (including phenoxy) is 2. The smallest absolute Gasteiger partial charge is 0.338 e. The summed E-state index contributed by atoms with van der Waals surface area (Å²) < 4.78 is 10.8. The van der Waals surface area contributed by atoms with E-state index >= 15 is 0 Å². The highest BCUT2D eigenvalue weighted by atomic mass is 16.6. The van der Waals surface area contributed by atoms with Gasteiger partial charge in [0, 0.05) is 17.2 Å². The van der Waals surface area contributed by atoms with Gasteiger partial charge in [0.2, 0.25) is 5.78 Å². The Labute approximate surface area is 179 Å². The lowest BCUT2D eigenvalue weighted by Gasteiger charge is -2.08. The van der Waals surface area contributed by atoms with Gasteiger partial charge >= 0.3 is 5.97 Å². The van der Waals surface area contributed by atoms with Crippen molar-refractivity contribution in [2.45, 2.75) is 20.5 Å². The van der Waals surface area contributed by atoms with Crippen molar-refractivity contribution in [3.8, 4) is 5.75 Å². The molecule has 0 aliphatic rings. The first kappa shape index (κ1) is 21.7. The molecule has 0 atom stereocenters. The Morgan fingerprint density at radius 3 is 2.19 bits per heavy atom. The fraction of sp³-hybridized carbons (Fsp3) is 0.167. The first-order valence-electron chi connectivity index (χ1n) is 9.57. The van der Waals surface area contributed by atoms with Crippen LogP contribution < -0.4 is 4.74 Å². The van der Waals surface area contributed by atoms with Gasteiger partial charge < -0.3 is 9.47 Å². The second kappa shape index (κ2) is 9.67. The molecule has 0 spiro atoms. The number of carbonyl (C=O) groups is 2. The number of nitrogens with zero attached hydrogens (tertiary/aromatic N) is 1. The van der Waals surface area contributed by atoms with E-state index in [1.54, 1.807) is 31.2 Å². The molecule has 0 unspecified atom stereocenters. The fourth-order valence-corrected chi connectivity index (χ4v) is 2.82. The molecule has 0 aromatic heterocycles. The zero-order valence-electron chi connectivity index (χ0n) is 17.2. The lowest BCUT2D eigenvalue weighted by atomic mass is 10.1. The SMILES string of the molecule is Cc1ccc(OCc2ccc(C(=O)OCC(=O)c3ccc(C)c([N+](=O)[O-])c3)cc2)cc1. The maximum Gasteiger partial charge on any atom is 0.338 e. The summed E-state index contributed by atoms with van der Waals surface area (Å²) in [7, 11) is 0. The van der Waals surface area contributed by atoms with Gasteiger partial charge in [-0.05, 0) is 43.7 Å². The van der Waals surface area contributed by atoms with E-state index in [1.165, 1.54) is 18.2 Å². The third kappa shape index (κ3) is 5.76. The zero-order valence-corrected chi connectivity index (χ0v) is 17.2. The average molecular weight is 419 g/mol. The molecule has 0 amide bonds. The summed E-state index contributed by atoms with van der Waals surface area (Å²) in [5.74, 6) is -0.413. The van der Waals surface area contributed by atoms with Crippen LogP contribution in [0.1, 0.15) is 37.4 Å². The van der Waals surface area contributed by atoms with Crippen LogP contribution in [0.5, 0.6) is 5.75 Å². The van der Waals surface area contributed by atoms with Crippen LogP contribution in [0.4, 0.5) is 5.69 Å². The van der Waals surface area contributed by atoms with Crippen LogP contribution in [0.2, 0.25) is 0 Å². The summed E-state index contributed by atoms with van der Waals surface area (Å²) in [6, 6.07) is 18.5. The number of nitro groups is 1. The van der Waals surface area contributed by atoms with Crippen LogP contribution in [0.3, 0.4) is 0 Å². The summed E-state index contributed by atoms with van der Waals surface area (Å²) in [6.07, 6.45) is 0. The van der Waals surface area contributed by atoms with Gasteiger partial charge in [0.05, 0.1) is 10.5 Å². The number of carbonyl (C=O) groups excluding carboxylic acids is 2. The summed E-state index contributed by atoms with van der Waals surface area (Å²) in [5, 5.41) is 11.0. The summed E-state index contributed by atoms with van der Waals surface area (Å²) in [4.78, 5) is 34.9. The Hall–Kier alpha value is -4.00. The number of rotatable bonds is 8. The summed E-state index contributed by atoms with van der Waals surface area (Å²) in [6.45, 7) is 3.43. The van der Waals surface area contributed by atoms with E-state index in [2.05, 4.69) is 0 Å². The average Bonchev–Trinajstić information content (AvgIpc) is 2.77. The van der Waals surface area contributed by atoms with E-state index in [0.717, 1.165) is 16.9 Å². The Kier molecular flexibility index (Phi) is 6.77. The molecular weight excluding hydrogens is 398 g/mol. The van der Waals surface area contributed by atoms with E-state index in [4.69, 9.17) is 9.47 Å². The quantitative estimate of drug-likeness (QED) is 0.225. The van der Waals surface area contributed by atoms with Gasteiger partial charge in [0.15, 0.2) is 6.61 Å². The van der Waals surface area contributed by atoms with Crippen molar-refractivity contribution in [1.29, 1.82) is 0 Å². The van der Waals surface area contributed by atoms with E-state index in [-0.39, 0.29) is 11.3 Å². The van der Waals surface area contributed by atoms with Gasteiger partial charge in [-0.15, -0.1) is 0 Å². The van der Waals surface area contributed by atoms with Gasteiger partial charge in [-0.25, -0.2) is 4.79 Å². The first-order valence-corrected chi connectivity index (χ1v) is 9.57. The molecule has 7 nitrogen and oxygen atoms in total. The number of benzene rings is 3. The monoisotopic (exact) mass is 419 g/mol. The van der Waals surface area contributed by atoms with E-state index < -0.39 is 23.3 Å². The predicted octanol–water partition coefficient (Wildman–Crippen LogP) is 4.83. The van der Waals surface area contributed by atoms with Crippen molar-refractivity contribution >= 4 is 17.4 Å². The Balaban J connectivity index is 1.54. The van der Waals surface area contributed by atoms with Crippen LogP contribution in [-0.4, -0.2) is 23.3 Å². The van der Waals surface area contributed by atoms with Gasteiger partial charge in [-0.3, -0.25) is 14.9 Å². The van der Waals surface area contributed by atoms with E-state index in [9.17, 15) is 19.7 Å². The molecule has 158 valence electrons. The molecule has 3 rings (SSSR count). The number of ketones is 1. The van der Waals surface area contributed by atoms with Crippen molar-refractivity contribution in [3.05, 3.63) is 105 Å². The van der Waals surface area contributed by atoms with Crippen molar-refractivity contribution < 1.29 is 24.0 Å². The van der Waals surface area contributed by atoms with Crippen LogP contribution in [-0.2, 0) is 11.3 Å². The summed E-state index contributed by atoms with van der Waals surface area (Å²) in [5.41, 5.74) is 2.73. The number of hydrogen-bond acceptors (Lipinski definition) is 6. The van der Waals surface area contributed by atoms with E-state index in [1.807, 2.05) is 31.2 Å². The van der Waals surface area contributed by atoms with Crippen molar-refractivity contribution in [1.82, 2.24) is 0 Å². The lowest BCUT2D eigenvalue weighted by Crippen LogP contribution is -2.14. The van der Waals surface area contributed by atoms with Crippen molar-refractivity contribution in [2.24, 2.45) is 0 Å². The number of nitro benzene ring substituents is 1. The van der Waals surface area contributed by atoms with Gasteiger partial charge in [-0.2, -0.15) is 0 Å². The number of aryl methyl sites for hydroxylation is 2. The highest BCUT2D eigenvalue weighted by Crippen LogP contribution is 2.20. The maximum atomic E-state index is 12.2. The molecule has 31 heavy (non-hydrogen) atoms. The van der Waals surface area contributed by atoms with Gasteiger partial charge in [-0.1, -0.05) is 42.0 Å². The molecule has 0 bridgehead atoms. The molecule has 0 heterocycles. The molecule has 0 radical (unpaired) electrons. The third-order valence-corrected chi connectivity index (χ3v) is 4.68. The molecule has 3 aromatic carbocycles. The number of esters is 1. The van der Waals surface area contributed by atoms with Crippen molar-refractivity contribution in [3.63, 3.8) is 0 Å². The largest absolute Gasteiger partial charge is 0.489 e. The van der Waals surface area contributed by atoms with Gasteiger partial charge in [0.1, 0.15) is 12.4 Å². The molecule has 0 aliphatic carbocycles. The van der Waals surface area contributed by atoms with Crippen LogP contribution in [0.15, 0.2) is 66.7 Å². The molecule has 0 aliphatic heterocycles. The van der Waals surface area contributed by atoms with E-state index in [0.29, 0.717) is 17.7 Å². The highest BCUT2D eigenvalue weighted by Gasteiger charge is 2.17. The standard InChI is InChI=1S/C24H21NO6/c1-16-3-11-21(12-4-16)30-14-18-6-9-19(10-7-18)24(27)31-15-23(26)20-8-5-17(2)22(13-20)25(28)29/h3-13H,14-15H2,1-2H3. The second-order valence-corrected chi connectivity index (χ2v) is 7.06. The lowest BCUT2D eigenvalue weighted by molar-refractivity contribution is -0.385. The molecule has 0 saturated heterocycles. The Morgan fingerprint density at radius 1 is 0.903 bits per heavy atom. The molecule has 0 saturated carbocycles. The molecule has 3 aromatic rings. The Morgan fingerprint density at radius 2 is 1.55 bits per heavy atom. The zero-order chi connectivity index (χ0) is 22.4. The van der Waals surface area contributed by atoms with Gasteiger partial charge in [0.25, 0.3) is 5.69 Å². The molecule has 0 fully saturated rings. The minimum absolute atomic E-state index is 0.119. The maximum absolute atomic E-state index is 12.2. The highest BCUT2D eigenvalue weighted by molar-refractivity contribution is 5.99. The fourth-order valence-electron chi connectivity index (χ4n) is 2.82. The molecular formula is C24H21NO6. The minimum atomic E-state index is -0.652. The minimum Gasteiger partial charge on any atom is -0.489 e. The topological polar surface area (TPSA) is 95.7 Å². The van der Waals surface area contributed by atoms with Crippen molar-refractivity contribution in [2.75, 3.05) is 6.61 Å². The second-order valence-electron chi connectivity index (χ2n) is 7.06. The summed E-state index contributed by atoms with van der Waals surface area (Å²) >= 11 is 0. The normalized spacial score (nSPS) is 10.4. The predicted molar refractivity (Wildman–Crippen MR) is 114 cm³/mol. The molecule has 0 N–H and O–H groups in total. The first-order chi connectivity index (χ1) is 14.8. The molecule has 7 heteroatoms. The number of hydrogen-bond donors (Lipinski definition) is 0. The third-order valence-electron chi connectivity index (χ3n) is 4.68. The van der Waals surface area contributed by atoms with Crippen LogP contribution in [0.25, 0.3) is 0 Å². The van der Waals surface area contributed by atoms with Crippen LogP contribution >= 0.6 is 0 Å². The number of Topliss-reactive ketones (excluding diaryl/α,β-unsaturated/α-hetero) is 1. The Bertz CT molecular complexity index is 1100.